The molecule has 0 amide bonds. The molecule has 0 bridgehead atoms. The van der Waals surface area contributed by atoms with Crippen molar-refractivity contribution in [2.45, 2.75) is 12.8 Å². The van der Waals surface area contributed by atoms with Crippen LogP contribution in [0.2, 0.25) is 0 Å². The lowest BCUT2D eigenvalue weighted by Gasteiger charge is -2.11. The molecule has 1 aromatic carbocycles. The van der Waals surface area contributed by atoms with Crippen LogP contribution < -0.4 is 4.74 Å². The summed E-state index contributed by atoms with van der Waals surface area (Å²) >= 11 is 3.48. The molecule has 0 aliphatic heterocycles. The SMILES string of the molecule is COc1cc(Br)c(CCCN(C)C)cc1O. The standard InChI is InChI=1S/C12H18BrNO2/c1-14(2)6-4-5-9-7-11(15)12(16-3)8-10(9)13/h7-8,15H,4-6H2,1-3H3. The predicted molar refractivity (Wildman–Crippen MR) is 69.2 cm³/mol. The molecule has 0 saturated heterocycles. The maximum Gasteiger partial charge on any atom is 0.161 e. The summed E-state index contributed by atoms with van der Waals surface area (Å²) in [7, 11) is 5.66. The second-order valence-electron chi connectivity index (χ2n) is 4.02. The zero-order valence-electron chi connectivity index (χ0n) is 9.96. The monoisotopic (exact) mass is 287 g/mol. The van der Waals surface area contributed by atoms with Crippen molar-refractivity contribution in [3.8, 4) is 11.5 Å². The highest BCUT2D eigenvalue weighted by Crippen LogP contribution is 2.32. The van der Waals surface area contributed by atoms with Crippen molar-refractivity contribution >= 4 is 15.9 Å². The summed E-state index contributed by atoms with van der Waals surface area (Å²) in [5.41, 5.74) is 1.11. The Morgan fingerprint density at radius 1 is 1.38 bits per heavy atom. The van der Waals surface area contributed by atoms with Gasteiger partial charge in [0.1, 0.15) is 0 Å². The molecule has 0 heterocycles. The molecule has 0 aromatic heterocycles. The largest absolute Gasteiger partial charge is 0.504 e. The molecule has 1 aromatic rings. The topological polar surface area (TPSA) is 32.7 Å². The fourth-order valence-corrected chi connectivity index (χ4v) is 2.05. The normalized spacial score (nSPS) is 10.8. The highest BCUT2D eigenvalue weighted by molar-refractivity contribution is 9.10. The van der Waals surface area contributed by atoms with Crippen LogP contribution in [-0.4, -0.2) is 37.8 Å². The van der Waals surface area contributed by atoms with Crippen LogP contribution in [0.15, 0.2) is 16.6 Å². The van der Waals surface area contributed by atoms with Crippen LogP contribution in [0.3, 0.4) is 0 Å². The van der Waals surface area contributed by atoms with E-state index in [9.17, 15) is 5.11 Å². The summed E-state index contributed by atoms with van der Waals surface area (Å²) in [5.74, 6) is 0.703. The molecule has 0 saturated carbocycles. The number of phenolic OH excluding ortho intramolecular Hbond substituents is 1. The number of methoxy groups -OCH3 is 1. The van der Waals surface area contributed by atoms with Gasteiger partial charge in [-0.05, 0) is 51.2 Å². The first kappa shape index (κ1) is 13.3. The molecule has 3 nitrogen and oxygen atoms in total. The lowest BCUT2D eigenvalue weighted by molar-refractivity contribution is 0.372. The molecule has 0 fully saturated rings. The number of aromatic hydroxyl groups is 1. The average molecular weight is 288 g/mol. The summed E-state index contributed by atoms with van der Waals surface area (Å²) < 4.78 is 6.02. The van der Waals surface area contributed by atoms with E-state index >= 15 is 0 Å². The summed E-state index contributed by atoms with van der Waals surface area (Å²) in [6.45, 7) is 1.04. The number of ether oxygens (including phenoxy) is 1. The van der Waals surface area contributed by atoms with Gasteiger partial charge in [-0.3, -0.25) is 0 Å². The smallest absolute Gasteiger partial charge is 0.161 e. The van der Waals surface area contributed by atoms with E-state index in [1.165, 1.54) is 0 Å². The van der Waals surface area contributed by atoms with Crippen molar-refractivity contribution in [1.29, 1.82) is 0 Å². The Morgan fingerprint density at radius 2 is 2.06 bits per heavy atom. The van der Waals surface area contributed by atoms with Gasteiger partial charge >= 0.3 is 0 Å². The van der Waals surface area contributed by atoms with Crippen molar-refractivity contribution in [3.63, 3.8) is 0 Å². The van der Waals surface area contributed by atoms with Crippen molar-refractivity contribution in [3.05, 3.63) is 22.2 Å². The minimum Gasteiger partial charge on any atom is -0.504 e. The number of nitrogens with zero attached hydrogens (tertiary/aromatic N) is 1. The van der Waals surface area contributed by atoms with Gasteiger partial charge in [-0.1, -0.05) is 15.9 Å². The second-order valence-corrected chi connectivity index (χ2v) is 4.88. The maximum absolute atomic E-state index is 9.67. The molecule has 0 unspecified atom stereocenters. The lowest BCUT2D eigenvalue weighted by atomic mass is 10.1. The third-order valence-electron chi connectivity index (χ3n) is 2.40. The van der Waals surface area contributed by atoms with Gasteiger partial charge in [0.2, 0.25) is 0 Å². The Hall–Kier alpha value is -0.740. The van der Waals surface area contributed by atoms with Crippen molar-refractivity contribution in [2.24, 2.45) is 0 Å². The molecule has 0 aliphatic carbocycles. The number of halogens is 1. The molecular weight excluding hydrogens is 270 g/mol. The first-order valence-corrected chi connectivity index (χ1v) is 6.04. The summed E-state index contributed by atoms with van der Waals surface area (Å²) in [5, 5.41) is 9.67. The molecule has 0 radical (unpaired) electrons. The van der Waals surface area contributed by atoms with Crippen LogP contribution in [0.4, 0.5) is 0 Å². The van der Waals surface area contributed by atoms with E-state index in [0.717, 1.165) is 29.4 Å². The van der Waals surface area contributed by atoms with Crippen LogP contribution in [0.5, 0.6) is 11.5 Å². The maximum atomic E-state index is 9.67. The molecule has 4 heteroatoms. The zero-order valence-corrected chi connectivity index (χ0v) is 11.5. The van der Waals surface area contributed by atoms with E-state index in [0.29, 0.717) is 5.75 Å². The fourth-order valence-electron chi connectivity index (χ4n) is 1.53. The molecule has 1 rings (SSSR count). The summed E-state index contributed by atoms with van der Waals surface area (Å²) in [6.07, 6.45) is 2.01. The van der Waals surface area contributed by atoms with E-state index in [-0.39, 0.29) is 5.75 Å². The number of rotatable bonds is 5. The first-order valence-electron chi connectivity index (χ1n) is 5.24. The quantitative estimate of drug-likeness (QED) is 0.904. The summed E-state index contributed by atoms with van der Waals surface area (Å²) in [4.78, 5) is 2.15. The van der Waals surface area contributed by atoms with Crippen LogP contribution in [0, 0.1) is 0 Å². The highest BCUT2D eigenvalue weighted by atomic mass is 79.9. The lowest BCUT2D eigenvalue weighted by Crippen LogP contribution is -2.13. The zero-order chi connectivity index (χ0) is 12.1. The Morgan fingerprint density at radius 3 is 2.62 bits per heavy atom. The second kappa shape index (κ2) is 6.11. The molecular formula is C12H18BrNO2. The minimum absolute atomic E-state index is 0.200. The van der Waals surface area contributed by atoms with Crippen LogP contribution >= 0.6 is 15.9 Å². The van der Waals surface area contributed by atoms with Gasteiger partial charge in [0.25, 0.3) is 0 Å². The van der Waals surface area contributed by atoms with Crippen LogP contribution in [0.1, 0.15) is 12.0 Å². The Labute approximate surface area is 105 Å². The highest BCUT2D eigenvalue weighted by Gasteiger charge is 2.07. The number of hydrogen-bond acceptors (Lipinski definition) is 3. The number of benzene rings is 1. The molecule has 0 spiro atoms. The van der Waals surface area contributed by atoms with Crippen molar-refractivity contribution < 1.29 is 9.84 Å². The van der Waals surface area contributed by atoms with E-state index < -0.39 is 0 Å². The van der Waals surface area contributed by atoms with Gasteiger partial charge in [0.15, 0.2) is 11.5 Å². The Kier molecular flexibility index (Phi) is 5.09. The van der Waals surface area contributed by atoms with Crippen molar-refractivity contribution in [1.82, 2.24) is 4.90 Å². The molecule has 0 atom stereocenters. The van der Waals surface area contributed by atoms with Gasteiger partial charge < -0.3 is 14.7 Å². The van der Waals surface area contributed by atoms with Gasteiger partial charge in [-0.15, -0.1) is 0 Å². The van der Waals surface area contributed by atoms with E-state index in [2.05, 4.69) is 34.9 Å². The van der Waals surface area contributed by atoms with Crippen LogP contribution in [-0.2, 0) is 6.42 Å². The average Bonchev–Trinajstić information content (AvgIpc) is 2.22. The molecule has 16 heavy (non-hydrogen) atoms. The predicted octanol–water partition coefficient (Wildman–Crippen LogP) is 2.66. The van der Waals surface area contributed by atoms with Crippen LogP contribution in [0.25, 0.3) is 0 Å². The van der Waals surface area contributed by atoms with Gasteiger partial charge in [-0.25, -0.2) is 0 Å². The fraction of sp³-hybridized carbons (Fsp3) is 0.500. The first-order chi connectivity index (χ1) is 7.54. The summed E-state index contributed by atoms with van der Waals surface area (Å²) in [6, 6.07) is 3.57. The third kappa shape index (κ3) is 3.68. The van der Waals surface area contributed by atoms with E-state index in [4.69, 9.17) is 4.74 Å². The molecule has 1 N–H and O–H groups in total. The minimum atomic E-state index is 0.200. The van der Waals surface area contributed by atoms with Gasteiger partial charge in [0.05, 0.1) is 7.11 Å². The number of hydrogen-bond donors (Lipinski definition) is 1. The Balaban J connectivity index is 2.70. The number of phenols is 1. The molecule has 0 aliphatic rings. The van der Waals surface area contributed by atoms with Crippen molar-refractivity contribution in [2.75, 3.05) is 27.7 Å². The number of aryl methyl sites for hydroxylation is 1. The van der Waals surface area contributed by atoms with E-state index in [1.807, 2.05) is 0 Å². The third-order valence-corrected chi connectivity index (χ3v) is 3.14. The Bertz CT molecular complexity index is 353. The van der Waals surface area contributed by atoms with Gasteiger partial charge in [-0.2, -0.15) is 0 Å². The molecule has 90 valence electrons. The van der Waals surface area contributed by atoms with Gasteiger partial charge in [0, 0.05) is 4.47 Å². The van der Waals surface area contributed by atoms with E-state index in [1.54, 1.807) is 19.2 Å².